The molecule has 0 spiro atoms. The highest BCUT2D eigenvalue weighted by Crippen LogP contribution is 2.07. The number of ketones is 1. The Balaban J connectivity index is 2.85. The largest absolute Gasteiger partial charge is 0.294 e. The minimum absolute atomic E-state index is 0.0902. The molecular formula is C10H11NO. The van der Waals surface area contributed by atoms with Crippen LogP contribution in [0.2, 0.25) is 0 Å². The molecule has 0 N–H and O–H groups in total. The number of nitrogens with zero attached hydrogens (tertiary/aromatic N) is 1. The van der Waals surface area contributed by atoms with E-state index in [4.69, 9.17) is 0 Å². The van der Waals surface area contributed by atoms with Gasteiger partial charge in [0.1, 0.15) is 0 Å². The van der Waals surface area contributed by atoms with Gasteiger partial charge in [0.2, 0.25) is 0 Å². The Morgan fingerprint density at radius 1 is 1.58 bits per heavy atom. The molecule has 0 aliphatic carbocycles. The molecule has 0 bridgehead atoms. The van der Waals surface area contributed by atoms with Crippen molar-refractivity contribution in [3.8, 4) is 0 Å². The van der Waals surface area contributed by atoms with Gasteiger partial charge in [-0.05, 0) is 12.1 Å². The second-order valence-corrected chi connectivity index (χ2v) is 2.62. The normalized spacial score (nSPS) is 12.1. The molecule has 2 nitrogen and oxygen atoms in total. The molecule has 1 aromatic heterocycles. The van der Waals surface area contributed by atoms with E-state index in [0.717, 1.165) is 0 Å². The first-order valence-electron chi connectivity index (χ1n) is 3.82. The van der Waals surface area contributed by atoms with E-state index in [1.807, 2.05) is 6.92 Å². The summed E-state index contributed by atoms with van der Waals surface area (Å²) in [7, 11) is 0. The Hall–Kier alpha value is -1.44. The molecule has 0 unspecified atom stereocenters. The number of hydrogen-bond donors (Lipinski definition) is 0. The SMILES string of the molecule is C=C[C@@H](C)C(=O)c1ccncc1. The number of rotatable bonds is 3. The lowest BCUT2D eigenvalue weighted by Gasteiger charge is -2.03. The van der Waals surface area contributed by atoms with Crippen molar-refractivity contribution in [2.24, 2.45) is 5.92 Å². The number of hydrogen-bond acceptors (Lipinski definition) is 2. The van der Waals surface area contributed by atoms with Crippen LogP contribution in [0.25, 0.3) is 0 Å². The number of carbonyl (C=O) groups excluding carboxylic acids is 1. The fourth-order valence-electron chi connectivity index (χ4n) is 0.886. The van der Waals surface area contributed by atoms with Gasteiger partial charge in [0.05, 0.1) is 0 Å². The van der Waals surface area contributed by atoms with Gasteiger partial charge in [-0.15, -0.1) is 6.58 Å². The van der Waals surface area contributed by atoms with Crippen molar-refractivity contribution in [2.45, 2.75) is 6.92 Å². The molecule has 0 saturated carbocycles. The Morgan fingerprint density at radius 2 is 2.17 bits per heavy atom. The topological polar surface area (TPSA) is 30.0 Å². The molecule has 0 fully saturated rings. The molecule has 1 heterocycles. The van der Waals surface area contributed by atoms with Crippen molar-refractivity contribution in [3.63, 3.8) is 0 Å². The van der Waals surface area contributed by atoms with Gasteiger partial charge in [-0.25, -0.2) is 0 Å². The molecule has 2 heteroatoms. The summed E-state index contributed by atoms with van der Waals surface area (Å²) >= 11 is 0. The molecule has 0 saturated heterocycles. The van der Waals surface area contributed by atoms with Crippen LogP contribution in [0.15, 0.2) is 37.2 Å². The zero-order valence-corrected chi connectivity index (χ0v) is 7.03. The average Bonchev–Trinajstić information content (AvgIpc) is 2.17. The standard InChI is InChI=1S/C10H11NO/c1-3-8(2)10(12)9-4-6-11-7-5-9/h3-8H,1H2,2H3/t8-/m1/s1. The Bertz CT molecular complexity index is 279. The molecule has 0 amide bonds. The molecule has 1 aromatic rings. The van der Waals surface area contributed by atoms with Crippen molar-refractivity contribution in [1.82, 2.24) is 4.98 Å². The van der Waals surface area contributed by atoms with Crippen LogP contribution in [0.4, 0.5) is 0 Å². The smallest absolute Gasteiger partial charge is 0.169 e. The minimum atomic E-state index is -0.118. The summed E-state index contributed by atoms with van der Waals surface area (Å²) in [6, 6.07) is 3.42. The van der Waals surface area contributed by atoms with E-state index < -0.39 is 0 Å². The van der Waals surface area contributed by atoms with E-state index in [1.54, 1.807) is 30.6 Å². The lowest BCUT2D eigenvalue weighted by molar-refractivity contribution is 0.0953. The second kappa shape index (κ2) is 3.81. The van der Waals surface area contributed by atoms with Crippen LogP contribution < -0.4 is 0 Å². The van der Waals surface area contributed by atoms with Crippen LogP contribution in [0, 0.1) is 5.92 Å². The van der Waals surface area contributed by atoms with Gasteiger partial charge in [-0.2, -0.15) is 0 Å². The third kappa shape index (κ3) is 1.78. The fourth-order valence-corrected chi connectivity index (χ4v) is 0.886. The third-order valence-electron chi connectivity index (χ3n) is 1.73. The molecule has 0 aromatic carbocycles. The van der Waals surface area contributed by atoms with Gasteiger partial charge in [0.15, 0.2) is 5.78 Å². The summed E-state index contributed by atoms with van der Waals surface area (Å²) in [6.45, 7) is 5.40. The Kier molecular flexibility index (Phi) is 2.75. The highest BCUT2D eigenvalue weighted by Gasteiger charge is 2.10. The highest BCUT2D eigenvalue weighted by atomic mass is 16.1. The van der Waals surface area contributed by atoms with E-state index in [0.29, 0.717) is 5.56 Å². The molecule has 0 radical (unpaired) electrons. The fraction of sp³-hybridized carbons (Fsp3) is 0.200. The van der Waals surface area contributed by atoms with Crippen molar-refractivity contribution in [1.29, 1.82) is 0 Å². The molecular weight excluding hydrogens is 150 g/mol. The molecule has 0 aliphatic heterocycles. The Labute approximate surface area is 71.9 Å². The molecule has 1 rings (SSSR count). The first-order valence-corrected chi connectivity index (χ1v) is 3.82. The monoisotopic (exact) mass is 161 g/mol. The summed E-state index contributed by atoms with van der Waals surface area (Å²) in [6.07, 6.45) is 4.87. The van der Waals surface area contributed by atoms with Crippen LogP contribution >= 0.6 is 0 Å². The van der Waals surface area contributed by atoms with Crippen LogP contribution in [-0.4, -0.2) is 10.8 Å². The summed E-state index contributed by atoms with van der Waals surface area (Å²) < 4.78 is 0. The lowest BCUT2D eigenvalue weighted by atomic mass is 10.0. The highest BCUT2D eigenvalue weighted by molar-refractivity contribution is 5.98. The van der Waals surface area contributed by atoms with Gasteiger partial charge in [0.25, 0.3) is 0 Å². The van der Waals surface area contributed by atoms with E-state index in [2.05, 4.69) is 11.6 Å². The summed E-state index contributed by atoms with van der Waals surface area (Å²) in [5.74, 6) is -0.0280. The predicted molar refractivity (Wildman–Crippen MR) is 47.9 cm³/mol. The molecule has 62 valence electrons. The van der Waals surface area contributed by atoms with Crippen molar-refractivity contribution >= 4 is 5.78 Å². The number of allylic oxidation sites excluding steroid dienone is 1. The first kappa shape index (κ1) is 8.65. The first-order chi connectivity index (χ1) is 5.75. The molecule has 12 heavy (non-hydrogen) atoms. The minimum Gasteiger partial charge on any atom is -0.294 e. The van der Waals surface area contributed by atoms with Crippen LogP contribution in [0.1, 0.15) is 17.3 Å². The average molecular weight is 161 g/mol. The third-order valence-corrected chi connectivity index (χ3v) is 1.73. The van der Waals surface area contributed by atoms with Gasteiger partial charge in [-0.3, -0.25) is 9.78 Å². The summed E-state index contributed by atoms with van der Waals surface area (Å²) in [5.41, 5.74) is 0.692. The summed E-state index contributed by atoms with van der Waals surface area (Å²) in [4.78, 5) is 15.3. The van der Waals surface area contributed by atoms with Gasteiger partial charge in [0, 0.05) is 23.9 Å². The zero-order valence-electron chi connectivity index (χ0n) is 7.03. The van der Waals surface area contributed by atoms with Gasteiger partial charge >= 0.3 is 0 Å². The van der Waals surface area contributed by atoms with Gasteiger partial charge in [-0.1, -0.05) is 13.0 Å². The lowest BCUT2D eigenvalue weighted by Crippen LogP contribution is -2.08. The van der Waals surface area contributed by atoms with Crippen molar-refractivity contribution < 1.29 is 4.79 Å². The number of Topliss-reactive ketones (excluding diaryl/α,β-unsaturated/α-hetero) is 1. The van der Waals surface area contributed by atoms with Crippen LogP contribution in [0.3, 0.4) is 0 Å². The maximum absolute atomic E-state index is 11.5. The maximum atomic E-state index is 11.5. The van der Waals surface area contributed by atoms with E-state index in [9.17, 15) is 4.79 Å². The number of aromatic nitrogens is 1. The van der Waals surface area contributed by atoms with E-state index >= 15 is 0 Å². The quantitative estimate of drug-likeness (QED) is 0.502. The maximum Gasteiger partial charge on any atom is 0.169 e. The zero-order chi connectivity index (χ0) is 8.97. The van der Waals surface area contributed by atoms with Crippen LogP contribution in [0.5, 0.6) is 0 Å². The molecule has 1 atom stereocenters. The Morgan fingerprint density at radius 3 is 2.67 bits per heavy atom. The number of pyridine rings is 1. The summed E-state index contributed by atoms with van der Waals surface area (Å²) in [5, 5.41) is 0. The predicted octanol–water partition coefficient (Wildman–Crippen LogP) is 2.09. The molecule has 0 aliphatic rings. The number of carbonyl (C=O) groups is 1. The van der Waals surface area contributed by atoms with E-state index in [1.165, 1.54) is 0 Å². The van der Waals surface area contributed by atoms with Gasteiger partial charge < -0.3 is 0 Å². The van der Waals surface area contributed by atoms with Crippen molar-refractivity contribution in [3.05, 3.63) is 42.7 Å². The second-order valence-electron chi connectivity index (χ2n) is 2.62. The van der Waals surface area contributed by atoms with E-state index in [-0.39, 0.29) is 11.7 Å². The van der Waals surface area contributed by atoms with Crippen molar-refractivity contribution in [2.75, 3.05) is 0 Å². The van der Waals surface area contributed by atoms with Crippen LogP contribution in [-0.2, 0) is 0 Å².